The Balaban J connectivity index is 2.43. The second kappa shape index (κ2) is 9.40. The Kier molecular flexibility index (Phi) is 7.83. The minimum atomic E-state index is -0.120. The lowest BCUT2D eigenvalue weighted by atomic mass is 10.0. The van der Waals surface area contributed by atoms with Crippen LogP contribution in [-0.4, -0.2) is 30.8 Å². The molecule has 0 fully saturated rings. The number of hydrogen-bond donors (Lipinski definition) is 2. The highest BCUT2D eigenvalue weighted by Gasteiger charge is 2.11. The van der Waals surface area contributed by atoms with Gasteiger partial charge in [0.05, 0.1) is 0 Å². The lowest BCUT2D eigenvalue weighted by Crippen LogP contribution is -2.33. The number of amides is 1. The van der Waals surface area contributed by atoms with Gasteiger partial charge in [-0.25, -0.2) is 0 Å². The summed E-state index contributed by atoms with van der Waals surface area (Å²) >= 11 is 0. The van der Waals surface area contributed by atoms with Gasteiger partial charge in [0, 0.05) is 13.2 Å². The van der Waals surface area contributed by atoms with E-state index >= 15 is 0 Å². The molecule has 1 rings (SSSR count). The largest absolute Gasteiger partial charge is 0.483 e. The van der Waals surface area contributed by atoms with Crippen molar-refractivity contribution in [2.24, 2.45) is 5.92 Å². The molecule has 2 N–H and O–H groups in total. The van der Waals surface area contributed by atoms with Crippen LogP contribution in [0.3, 0.4) is 0 Å². The molecule has 1 unspecified atom stereocenters. The van der Waals surface area contributed by atoms with Crippen LogP contribution in [0.25, 0.3) is 0 Å². The number of carbonyl (C=O) groups is 1. The Morgan fingerprint density at radius 2 is 2.05 bits per heavy atom. The molecule has 0 bridgehead atoms. The van der Waals surface area contributed by atoms with Crippen molar-refractivity contribution < 1.29 is 14.6 Å². The summed E-state index contributed by atoms with van der Waals surface area (Å²) < 4.78 is 5.62. The number of aliphatic hydroxyl groups excluding tert-OH is 1. The average molecular weight is 293 g/mol. The molecule has 1 aromatic carbocycles. The predicted molar refractivity (Wildman–Crippen MR) is 84.5 cm³/mol. The van der Waals surface area contributed by atoms with Gasteiger partial charge in [-0.1, -0.05) is 45.4 Å². The van der Waals surface area contributed by atoms with Gasteiger partial charge in [0.2, 0.25) is 0 Å². The molecule has 118 valence electrons. The van der Waals surface area contributed by atoms with Crippen molar-refractivity contribution in [2.45, 2.75) is 39.5 Å². The average Bonchev–Trinajstić information content (AvgIpc) is 2.49. The molecule has 0 heterocycles. The maximum absolute atomic E-state index is 11.8. The minimum absolute atomic E-state index is 0.0271. The number of para-hydroxylation sites is 1. The van der Waals surface area contributed by atoms with E-state index in [2.05, 4.69) is 26.1 Å². The van der Waals surface area contributed by atoms with Crippen LogP contribution in [0.1, 0.15) is 45.1 Å². The van der Waals surface area contributed by atoms with Gasteiger partial charge in [-0.15, -0.1) is 0 Å². The zero-order chi connectivity index (χ0) is 15.7. The Morgan fingerprint density at radius 3 is 2.67 bits per heavy atom. The molecule has 0 saturated carbocycles. The molecule has 1 amide bonds. The summed E-state index contributed by atoms with van der Waals surface area (Å²) in [6, 6.07) is 7.80. The molecule has 0 spiro atoms. The van der Waals surface area contributed by atoms with Crippen molar-refractivity contribution in [1.82, 2.24) is 5.32 Å². The van der Waals surface area contributed by atoms with E-state index in [1.165, 1.54) is 0 Å². The van der Waals surface area contributed by atoms with Crippen LogP contribution in [0, 0.1) is 5.92 Å². The normalized spacial score (nSPS) is 12.2. The molecule has 0 radical (unpaired) electrons. The molecule has 1 atom stereocenters. The highest BCUT2D eigenvalue weighted by molar-refractivity contribution is 5.77. The first-order valence-corrected chi connectivity index (χ1v) is 7.67. The van der Waals surface area contributed by atoms with Gasteiger partial charge in [-0.2, -0.15) is 0 Å². The van der Waals surface area contributed by atoms with Crippen LogP contribution in [-0.2, 0) is 4.79 Å². The Labute approximate surface area is 127 Å². The monoisotopic (exact) mass is 293 g/mol. The van der Waals surface area contributed by atoms with Gasteiger partial charge in [0.15, 0.2) is 6.61 Å². The molecule has 0 aliphatic carbocycles. The fraction of sp³-hybridized carbons (Fsp3) is 0.588. The van der Waals surface area contributed by atoms with Crippen molar-refractivity contribution in [3.05, 3.63) is 29.8 Å². The van der Waals surface area contributed by atoms with E-state index in [0.29, 0.717) is 24.8 Å². The van der Waals surface area contributed by atoms with E-state index in [4.69, 9.17) is 9.84 Å². The van der Waals surface area contributed by atoms with Gasteiger partial charge in [0.25, 0.3) is 5.91 Å². The van der Waals surface area contributed by atoms with Crippen molar-refractivity contribution in [1.29, 1.82) is 0 Å². The van der Waals surface area contributed by atoms with Crippen molar-refractivity contribution in [3.8, 4) is 5.75 Å². The highest BCUT2D eigenvalue weighted by Crippen LogP contribution is 2.25. The second-order valence-corrected chi connectivity index (χ2v) is 5.57. The topological polar surface area (TPSA) is 58.6 Å². The molecule has 0 aliphatic heterocycles. The summed E-state index contributed by atoms with van der Waals surface area (Å²) in [4.78, 5) is 11.8. The predicted octanol–water partition coefficient (Wildman–Crippen LogP) is 2.71. The van der Waals surface area contributed by atoms with Gasteiger partial charge in [-0.3, -0.25) is 4.79 Å². The van der Waals surface area contributed by atoms with E-state index in [9.17, 15) is 4.79 Å². The number of ether oxygens (including phenoxy) is 1. The van der Waals surface area contributed by atoms with Crippen LogP contribution in [0.4, 0.5) is 0 Å². The van der Waals surface area contributed by atoms with Crippen molar-refractivity contribution >= 4 is 5.91 Å². The Morgan fingerprint density at radius 1 is 1.33 bits per heavy atom. The molecular weight excluding hydrogens is 266 g/mol. The van der Waals surface area contributed by atoms with Gasteiger partial charge in [-0.05, 0) is 29.9 Å². The van der Waals surface area contributed by atoms with E-state index in [1.54, 1.807) is 0 Å². The van der Waals surface area contributed by atoms with E-state index in [0.717, 1.165) is 17.7 Å². The number of nitrogens with one attached hydrogen (secondary N) is 1. The fourth-order valence-corrected chi connectivity index (χ4v) is 2.17. The molecule has 4 heteroatoms. The first-order valence-electron chi connectivity index (χ1n) is 7.67. The van der Waals surface area contributed by atoms with E-state index in [-0.39, 0.29) is 19.1 Å². The zero-order valence-corrected chi connectivity index (χ0v) is 13.3. The number of carbonyl (C=O) groups excluding carboxylic acids is 1. The fourth-order valence-electron chi connectivity index (χ4n) is 2.17. The van der Waals surface area contributed by atoms with Crippen LogP contribution in [0.15, 0.2) is 24.3 Å². The SMILES string of the molecule is CCC(CCO)CNC(=O)COc1ccccc1C(C)C. The summed E-state index contributed by atoms with van der Waals surface area (Å²) in [5, 5.41) is 11.8. The van der Waals surface area contributed by atoms with Crippen LogP contribution < -0.4 is 10.1 Å². The van der Waals surface area contributed by atoms with Gasteiger partial charge >= 0.3 is 0 Å². The van der Waals surface area contributed by atoms with Crippen molar-refractivity contribution in [2.75, 3.05) is 19.8 Å². The Bertz CT molecular complexity index is 432. The third-order valence-corrected chi connectivity index (χ3v) is 3.60. The van der Waals surface area contributed by atoms with Crippen LogP contribution >= 0.6 is 0 Å². The van der Waals surface area contributed by atoms with Gasteiger partial charge in [0.1, 0.15) is 5.75 Å². The minimum Gasteiger partial charge on any atom is -0.483 e. The number of hydrogen-bond acceptors (Lipinski definition) is 3. The zero-order valence-electron chi connectivity index (χ0n) is 13.3. The Hall–Kier alpha value is -1.55. The molecule has 4 nitrogen and oxygen atoms in total. The van der Waals surface area contributed by atoms with Crippen LogP contribution in [0.5, 0.6) is 5.75 Å². The maximum atomic E-state index is 11.8. The molecular formula is C17H27NO3. The lowest BCUT2D eigenvalue weighted by molar-refractivity contribution is -0.123. The summed E-state index contributed by atoms with van der Waals surface area (Å²) in [6.45, 7) is 7.03. The lowest BCUT2D eigenvalue weighted by Gasteiger charge is -2.16. The first-order chi connectivity index (χ1) is 10.1. The smallest absolute Gasteiger partial charge is 0.257 e. The summed E-state index contributed by atoms with van der Waals surface area (Å²) in [5.74, 6) is 1.33. The number of rotatable bonds is 9. The molecule has 0 saturated heterocycles. The molecule has 21 heavy (non-hydrogen) atoms. The summed E-state index contributed by atoms with van der Waals surface area (Å²) in [7, 11) is 0. The highest BCUT2D eigenvalue weighted by atomic mass is 16.5. The summed E-state index contributed by atoms with van der Waals surface area (Å²) in [5.41, 5.74) is 1.11. The standard InChI is InChI=1S/C17H27NO3/c1-4-14(9-10-19)11-18-17(20)12-21-16-8-6-5-7-15(16)13(2)3/h5-8,13-14,19H,4,9-12H2,1-3H3,(H,18,20). The van der Waals surface area contributed by atoms with Crippen molar-refractivity contribution in [3.63, 3.8) is 0 Å². The second-order valence-electron chi connectivity index (χ2n) is 5.57. The van der Waals surface area contributed by atoms with Gasteiger partial charge < -0.3 is 15.2 Å². The third kappa shape index (κ3) is 6.17. The third-order valence-electron chi connectivity index (χ3n) is 3.60. The van der Waals surface area contributed by atoms with E-state index < -0.39 is 0 Å². The molecule has 0 aliphatic rings. The number of aliphatic hydroxyl groups is 1. The first kappa shape index (κ1) is 17.5. The molecule has 0 aromatic heterocycles. The van der Waals surface area contributed by atoms with Crippen LogP contribution in [0.2, 0.25) is 0 Å². The quantitative estimate of drug-likeness (QED) is 0.736. The maximum Gasteiger partial charge on any atom is 0.257 e. The van der Waals surface area contributed by atoms with E-state index in [1.807, 2.05) is 24.3 Å². The summed E-state index contributed by atoms with van der Waals surface area (Å²) in [6.07, 6.45) is 1.66. The molecule has 1 aromatic rings. The number of benzene rings is 1.